The summed E-state index contributed by atoms with van der Waals surface area (Å²) in [6.07, 6.45) is 2.23. The normalized spacial score (nSPS) is 27.4. The standard InChI is InChI=1S/C13H17ClN4O4/c14-11-10(5-15-17-12(11)20)18-2-1-9(6-18)22-13(21)16-7-3-8(19)4-7/h5,7-9,19H,1-4,6H2,(H,16,21)(H,17,20)/t7?,8?,9-/m1/s1. The number of nitrogens with zero attached hydrogens (tertiary/aromatic N) is 2. The van der Waals surface area contributed by atoms with Crippen molar-refractivity contribution in [3.8, 4) is 0 Å². The second-order valence-corrected chi connectivity index (χ2v) is 6.00. The first-order valence-electron chi connectivity index (χ1n) is 7.16. The van der Waals surface area contributed by atoms with Crippen molar-refractivity contribution >= 4 is 23.4 Å². The van der Waals surface area contributed by atoms with E-state index in [1.54, 1.807) is 0 Å². The fraction of sp³-hybridized carbons (Fsp3) is 0.615. The van der Waals surface area contributed by atoms with E-state index < -0.39 is 11.7 Å². The van der Waals surface area contributed by atoms with Crippen molar-refractivity contribution in [1.82, 2.24) is 15.5 Å². The molecule has 1 aliphatic heterocycles. The van der Waals surface area contributed by atoms with Crippen molar-refractivity contribution in [3.63, 3.8) is 0 Å². The molecule has 2 aliphatic rings. The van der Waals surface area contributed by atoms with Crippen LogP contribution in [0.15, 0.2) is 11.0 Å². The number of aliphatic hydroxyl groups excluding tert-OH is 1. The van der Waals surface area contributed by atoms with Gasteiger partial charge in [0.2, 0.25) is 0 Å². The van der Waals surface area contributed by atoms with Gasteiger partial charge in [-0.05, 0) is 12.8 Å². The van der Waals surface area contributed by atoms with E-state index in [4.69, 9.17) is 16.3 Å². The maximum atomic E-state index is 11.7. The molecule has 0 spiro atoms. The number of hydrogen-bond donors (Lipinski definition) is 3. The zero-order chi connectivity index (χ0) is 15.7. The van der Waals surface area contributed by atoms with Crippen LogP contribution in [0.5, 0.6) is 0 Å². The summed E-state index contributed by atoms with van der Waals surface area (Å²) >= 11 is 5.97. The molecule has 3 N–H and O–H groups in total. The van der Waals surface area contributed by atoms with Gasteiger partial charge in [-0.25, -0.2) is 9.89 Å². The topological polar surface area (TPSA) is 108 Å². The molecule has 8 nitrogen and oxygen atoms in total. The van der Waals surface area contributed by atoms with Crippen LogP contribution in [0.3, 0.4) is 0 Å². The number of amides is 1. The molecule has 9 heteroatoms. The van der Waals surface area contributed by atoms with E-state index in [9.17, 15) is 14.7 Å². The average molecular weight is 329 g/mol. The van der Waals surface area contributed by atoms with Crippen molar-refractivity contribution in [1.29, 1.82) is 0 Å². The lowest BCUT2D eigenvalue weighted by Gasteiger charge is -2.31. The number of rotatable bonds is 3. The molecule has 1 amide bonds. The Kier molecular flexibility index (Phi) is 4.21. The monoisotopic (exact) mass is 328 g/mol. The van der Waals surface area contributed by atoms with Crippen LogP contribution in [0.4, 0.5) is 10.5 Å². The third-order valence-corrected chi connectivity index (χ3v) is 4.34. The maximum Gasteiger partial charge on any atom is 0.407 e. The average Bonchev–Trinajstić information content (AvgIpc) is 2.88. The van der Waals surface area contributed by atoms with E-state index in [2.05, 4.69) is 15.5 Å². The number of aromatic nitrogens is 2. The van der Waals surface area contributed by atoms with Crippen molar-refractivity contribution in [2.24, 2.45) is 0 Å². The van der Waals surface area contributed by atoms with E-state index in [1.165, 1.54) is 6.20 Å². The lowest BCUT2D eigenvalue weighted by Crippen LogP contribution is -2.47. The van der Waals surface area contributed by atoms with Gasteiger partial charge in [0.15, 0.2) is 0 Å². The van der Waals surface area contributed by atoms with E-state index in [0.29, 0.717) is 38.0 Å². The van der Waals surface area contributed by atoms with Crippen molar-refractivity contribution in [2.45, 2.75) is 37.5 Å². The molecule has 0 aromatic carbocycles. The Hall–Kier alpha value is -1.80. The highest BCUT2D eigenvalue weighted by Crippen LogP contribution is 2.26. The molecule has 0 bridgehead atoms. The number of carbonyl (C=O) groups is 1. The molecule has 2 fully saturated rings. The molecule has 1 atom stereocenters. The highest BCUT2D eigenvalue weighted by molar-refractivity contribution is 6.33. The predicted octanol–water partition coefficient (Wildman–Crippen LogP) is 0.251. The molecule has 1 saturated carbocycles. The summed E-state index contributed by atoms with van der Waals surface area (Å²) in [7, 11) is 0. The van der Waals surface area contributed by atoms with Crippen molar-refractivity contribution in [2.75, 3.05) is 18.0 Å². The number of ether oxygens (including phenoxy) is 1. The number of H-pyrrole nitrogens is 1. The van der Waals surface area contributed by atoms with Gasteiger partial charge in [-0.3, -0.25) is 4.79 Å². The Morgan fingerprint density at radius 3 is 3.05 bits per heavy atom. The fourth-order valence-corrected chi connectivity index (χ4v) is 2.91. The Bertz CT molecular complexity index is 616. The van der Waals surface area contributed by atoms with Gasteiger partial charge in [-0.1, -0.05) is 11.6 Å². The smallest absolute Gasteiger partial charge is 0.407 e. The molecule has 22 heavy (non-hydrogen) atoms. The summed E-state index contributed by atoms with van der Waals surface area (Å²) in [6.45, 7) is 1.09. The van der Waals surface area contributed by atoms with E-state index in [1.807, 2.05) is 4.90 Å². The van der Waals surface area contributed by atoms with E-state index in [-0.39, 0.29) is 23.3 Å². The molecular formula is C13H17ClN4O4. The summed E-state index contributed by atoms with van der Waals surface area (Å²) in [5.41, 5.74) is 0.101. The lowest BCUT2D eigenvalue weighted by atomic mass is 9.90. The van der Waals surface area contributed by atoms with Gasteiger partial charge in [0.05, 0.1) is 24.5 Å². The highest BCUT2D eigenvalue weighted by Gasteiger charge is 2.31. The first kappa shape index (κ1) is 15.1. The SMILES string of the molecule is O=C(NC1CC(O)C1)O[C@@H]1CCN(c2cn[nH]c(=O)c2Cl)C1. The minimum absolute atomic E-state index is 0.00803. The zero-order valence-corrected chi connectivity index (χ0v) is 12.5. The molecular weight excluding hydrogens is 312 g/mol. The zero-order valence-electron chi connectivity index (χ0n) is 11.8. The summed E-state index contributed by atoms with van der Waals surface area (Å²) in [6, 6.07) is -0.00803. The predicted molar refractivity (Wildman–Crippen MR) is 79.1 cm³/mol. The van der Waals surface area contributed by atoms with Crippen LogP contribution >= 0.6 is 11.6 Å². The first-order valence-corrected chi connectivity index (χ1v) is 7.54. The van der Waals surface area contributed by atoms with E-state index in [0.717, 1.165) is 0 Å². The van der Waals surface area contributed by atoms with Gasteiger partial charge in [0.25, 0.3) is 5.56 Å². The minimum atomic E-state index is -0.473. The van der Waals surface area contributed by atoms with Gasteiger partial charge < -0.3 is 20.1 Å². The quantitative estimate of drug-likeness (QED) is 0.734. The number of halogens is 1. The van der Waals surface area contributed by atoms with Gasteiger partial charge in [0, 0.05) is 19.0 Å². The third kappa shape index (κ3) is 3.17. The Morgan fingerprint density at radius 2 is 2.32 bits per heavy atom. The molecule has 120 valence electrons. The summed E-state index contributed by atoms with van der Waals surface area (Å²) in [4.78, 5) is 25.1. The lowest BCUT2D eigenvalue weighted by molar-refractivity contribution is 0.0517. The minimum Gasteiger partial charge on any atom is -0.444 e. The maximum absolute atomic E-state index is 11.7. The second-order valence-electron chi connectivity index (χ2n) is 5.63. The summed E-state index contributed by atoms with van der Waals surface area (Å²) < 4.78 is 5.35. The van der Waals surface area contributed by atoms with Gasteiger partial charge >= 0.3 is 6.09 Å². The molecule has 3 rings (SSSR count). The number of alkyl carbamates (subject to hydrolysis) is 1. The molecule has 1 aromatic heterocycles. The van der Waals surface area contributed by atoms with Crippen LogP contribution in [-0.4, -0.2) is 52.7 Å². The highest BCUT2D eigenvalue weighted by atomic mass is 35.5. The van der Waals surface area contributed by atoms with Crippen LogP contribution in [0, 0.1) is 0 Å². The van der Waals surface area contributed by atoms with E-state index >= 15 is 0 Å². The molecule has 1 saturated heterocycles. The fourth-order valence-electron chi connectivity index (χ4n) is 2.70. The van der Waals surface area contributed by atoms with Crippen molar-refractivity contribution < 1.29 is 14.6 Å². The summed E-state index contributed by atoms with van der Waals surface area (Å²) in [5.74, 6) is 0. The Balaban J connectivity index is 1.53. The largest absolute Gasteiger partial charge is 0.444 e. The molecule has 1 aliphatic carbocycles. The van der Waals surface area contributed by atoms with Crippen LogP contribution in [0.1, 0.15) is 19.3 Å². The second kappa shape index (κ2) is 6.13. The van der Waals surface area contributed by atoms with Crippen molar-refractivity contribution in [3.05, 3.63) is 21.6 Å². The van der Waals surface area contributed by atoms with Crippen LogP contribution in [0.2, 0.25) is 5.02 Å². The van der Waals surface area contributed by atoms with Crippen LogP contribution in [0.25, 0.3) is 0 Å². The third-order valence-electron chi connectivity index (χ3n) is 3.97. The summed E-state index contributed by atoms with van der Waals surface area (Å²) in [5, 5.41) is 18.0. The van der Waals surface area contributed by atoms with Gasteiger partial charge in [0.1, 0.15) is 11.1 Å². The first-order chi connectivity index (χ1) is 10.5. The molecule has 0 unspecified atom stereocenters. The Labute approximate surface area is 131 Å². The van der Waals surface area contributed by atoms with Crippen LogP contribution < -0.4 is 15.8 Å². The number of anilines is 1. The molecule has 2 heterocycles. The number of aromatic amines is 1. The number of aliphatic hydroxyl groups is 1. The number of hydrogen-bond acceptors (Lipinski definition) is 6. The Morgan fingerprint density at radius 1 is 1.55 bits per heavy atom. The van der Waals surface area contributed by atoms with Crippen LogP contribution in [-0.2, 0) is 4.74 Å². The number of carbonyl (C=O) groups excluding carboxylic acids is 1. The number of nitrogens with one attached hydrogen (secondary N) is 2. The molecule has 0 radical (unpaired) electrons. The van der Waals surface area contributed by atoms with Gasteiger partial charge in [-0.2, -0.15) is 5.10 Å². The molecule has 1 aromatic rings. The van der Waals surface area contributed by atoms with Gasteiger partial charge in [-0.15, -0.1) is 0 Å².